The van der Waals surface area contributed by atoms with Gasteiger partial charge in [-0.3, -0.25) is 0 Å². The molecule has 0 fully saturated rings. The summed E-state index contributed by atoms with van der Waals surface area (Å²) in [7, 11) is 4.28. The molecule has 0 rings (SSSR count). The molecule has 80 valence electrons. The van der Waals surface area contributed by atoms with Gasteiger partial charge in [-0.25, -0.2) is 0 Å². The minimum Gasteiger partial charge on any atom is -0.309 e. The first-order chi connectivity index (χ1) is 6.20. The zero-order valence-electron chi connectivity index (χ0n) is 9.84. The monoisotopic (exact) mass is 186 g/mol. The van der Waals surface area contributed by atoms with Crippen LogP contribution in [-0.4, -0.2) is 50.1 Å². The summed E-state index contributed by atoms with van der Waals surface area (Å²) in [6, 6.07) is 0. The summed E-state index contributed by atoms with van der Waals surface area (Å²) in [6.45, 7) is 9.47. The van der Waals surface area contributed by atoms with Gasteiger partial charge in [-0.15, -0.1) is 0 Å². The van der Waals surface area contributed by atoms with E-state index in [1.807, 2.05) is 0 Å². The molecule has 2 nitrogen and oxygen atoms in total. The van der Waals surface area contributed by atoms with Crippen LogP contribution in [0.25, 0.3) is 0 Å². The van der Waals surface area contributed by atoms with Gasteiger partial charge in [0.25, 0.3) is 0 Å². The number of unbranched alkanes of at least 4 members (excludes halogenated alkanes) is 1. The maximum Gasteiger partial charge on any atom is -0.00184 e. The normalized spacial score (nSPS) is 11.5. The van der Waals surface area contributed by atoms with Gasteiger partial charge in [0.05, 0.1) is 0 Å². The fourth-order valence-electron chi connectivity index (χ4n) is 1.51. The molecule has 0 N–H and O–H groups in total. The summed E-state index contributed by atoms with van der Waals surface area (Å²) in [4.78, 5) is 4.80. The topological polar surface area (TPSA) is 6.48 Å². The van der Waals surface area contributed by atoms with Gasteiger partial charge in [0.1, 0.15) is 0 Å². The fraction of sp³-hybridized carbons (Fsp3) is 1.00. The van der Waals surface area contributed by atoms with Crippen molar-refractivity contribution in [3.63, 3.8) is 0 Å². The van der Waals surface area contributed by atoms with E-state index in [1.54, 1.807) is 0 Å². The molecule has 0 heterocycles. The highest BCUT2D eigenvalue weighted by Gasteiger charge is 1.99. The summed E-state index contributed by atoms with van der Waals surface area (Å²) < 4.78 is 0. The molecule has 0 radical (unpaired) electrons. The lowest BCUT2D eigenvalue weighted by Crippen LogP contribution is -2.26. The molecule has 0 bridgehead atoms. The average molecular weight is 186 g/mol. The first kappa shape index (κ1) is 12.9. The van der Waals surface area contributed by atoms with E-state index in [4.69, 9.17) is 0 Å². The van der Waals surface area contributed by atoms with Gasteiger partial charge in [0.2, 0.25) is 0 Å². The number of hydrogen-bond acceptors (Lipinski definition) is 2. The van der Waals surface area contributed by atoms with E-state index in [-0.39, 0.29) is 0 Å². The second-order valence-corrected chi connectivity index (χ2v) is 3.94. The molecule has 0 aliphatic carbocycles. The summed E-state index contributed by atoms with van der Waals surface area (Å²) in [6.07, 6.45) is 3.95. The molecular formula is C11H26N2. The molecule has 0 aliphatic heterocycles. The Morgan fingerprint density at radius 3 is 1.92 bits per heavy atom. The summed E-state index contributed by atoms with van der Waals surface area (Å²) in [5, 5.41) is 0. The lowest BCUT2D eigenvalue weighted by Gasteiger charge is -2.19. The van der Waals surface area contributed by atoms with Gasteiger partial charge in [-0.05, 0) is 59.5 Å². The van der Waals surface area contributed by atoms with Crippen molar-refractivity contribution in [3.05, 3.63) is 0 Å². The van der Waals surface area contributed by atoms with E-state index in [9.17, 15) is 0 Å². The van der Waals surface area contributed by atoms with Crippen LogP contribution in [0.2, 0.25) is 0 Å². The molecule has 0 aromatic rings. The third-order valence-corrected chi connectivity index (χ3v) is 2.32. The van der Waals surface area contributed by atoms with Crippen LogP contribution in [0.1, 0.15) is 33.1 Å². The number of rotatable bonds is 8. The SMILES string of the molecule is CCCN(CC)CCCCN(C)C. The Hall–Kier alpha value is -0.0800. The van der Waals surface area contributed by atoms with E-state index in [0.29, 0.717) is 0 Å². The molecule has 0 spiro atoms. The molecule has 0 saturated heterocycles. The van der Waals surface area contributed by atoms with Crippen LogP contribution in [0.5, 0.6) is 0 Å². The highest BCUT2D eigenvalue weighted by Crippen LogP contribution is 1.97. The molecule has 0 atom stereocenters. The quantitative estimate of drug-likeness (QED) is 0.535. The Bertz CT molecular complexity index is 102. The average Bonchev–Trinajstić information content (AvgIpc) is 2.10. The third kappa shape index (κ3) is 8.26. The van der Waals surface area contributed by atoms with E-state index in [2.05, 4.69) is 37.7 Å². The predicted molar refractivity (Wildman–Crippen MR) is 60.2 cm³/mol. The van der Waals surface area contributed by atoms with Gasteiger partial charge in [-0.1, -0.05) is 13.8 Å². The lowest BCUT2D eigenvalue weighted by atomic mass is 10.2. The zero-order valence-corrected chi connectivity index (χ0v) is 9.84. The molecule has 0 unspecified atom stereocenters. The van der Waals surface area contributed by atoms with Gasteiger partial charge >= 0.3 is 0 Å². The van der Waals surface area contributed by atoms with Crippen LogP contribution in [-0.2, 0) is 0 Å². The Morgan fingerprint density at radius 1 is 0.846 bits per heavy atom. The Morgan fingerprint density at radius 2 is 1.46 bits per heavy atom. The maximum atomic E-state index is 2.54. The van der Waals surface area contributed by atoms with Crippen molar-refractivity contribution in [2.24, 2.45) is 0 Å². The van der Waals surface area contributed by atoms with Crippen molar-refractivity contribution in [1.82, 2.24) is 9.80 Å². The molecule has 0 aliphatic rings. The van der Waals surface area contributed by atoms with Crippen LogP contribution in [0, 0.1) is 0 Å². The van der Waals surface area contributed by atoms with Crippen LogP contribution in [0.15, 0.2) is 0 Å². The van der Waals surface area contributed by atoms with Crippen LogP contribution in [0.4, 0.5) is 0 Å². The van der Waals surface area contributed by atoms with Gasteiger partial charge < -0.3 is 9.80 Å². The Balaban J connectivity index is 3.27. The maximum absolute atomic E-state index is 2.54. The summed E-state index contributed by atoms with van der Waals surface area (Å²) in [5.41, 5.74) is 0. The molecule has 0 amide bonds. The minimum absolute atomic E-state index is 1.20. The number of nitrogens with zero attached hydrogens (tertiary/aromatic N) is 2. The smallest absolute Gasteiger partial charge is 0.00184 e. The third-order valence-electron chi connectivity index (χ3n) is 2.32. The van der Waals surface area contributed by atoms with Crippen molar-refractivity contribution < 1.29 is 0 Å². The second kappa shape index (κ2) is 8.52. The highest BCUT2D eigenvalue weighted by molar-refractivity contribution is 4.55. The van der Waals surface area contributed by atoms with Crippen molar-refractivity contribution >= 4 is 0 Å². The van der Waals surface area contributed by atoms with E-state index in [0.717, 1.165) is 0 Å². The molecule has 0 aromatic heterocycles. The molecular weight excluding hydrogens is 160 g/mol. The Kier molecular flexibility index (Phi) is 8.46. The van der Waals surface area contributed by atoms with E-state index >= 15 is 0 Å². The first-order valence-corrected chi connectivity index (χ1v) is 5.57. The molecule has 2 heteroatoms. The Labute approximate surface area is 83.9 Å². The lowest BCUT2D eigenvalue weighted by molar-refractivity contribution is 0.275. The highest BCUT2D eigenvalue weighted by atomic mass is 15.1. The molecule has 0 saturated carbocycles. The van der Waals surface area contributed by atoms with Crippen molar-refractivity contribution in [2.75, 3.05) is 40.3 Å². The van der Waals surface area contributed by atoms with Crippen molar-refractivity contribution in [1.29, 1.82) is 0 Å². The van der Waals surface area contributed by atoms with Crippen LogP contribution < -0.4 is 0 Å². The minimum atomic E-state index is 1.20. The summed E-state index contributed by atoms with van der Waals surface area (Å²) >= 11 is 0. The standard InChI is InChI=1S/C11H26N2/c1-5-9-13(6-2)11-8-7-10-12(3)4/h5-11H2,1-4H3. The van der Waals surface area contributed by atoms with Gasteiger partial charge in [-0.2, -0.15) is 0 Å². The number of hydrogen-bond donors (Lipinski definition) is 0. The van der Waals surface area contributed by atoms with Gasteiger partial charge in [0.15, 0.2) is 0 Å². The van der Waals surface area contributed by atoms with Crippen LogP contribution in [0.3, 0.4) is 0 Å². The van der Waals surface area contributed by atoms with Crippen molar-refractivity contribution in [3.8, 4) is 0 Å². The second-order valence-electron chi connectivity index (χ2n) is 3.94. The molecule has 13 heavy (non-hydrogen) atoms. The van der Waals surface area contributed by atoms with E-state index < -0.39 is 0 Å². The van der Waals surface area contributed by atoms with Crippen LogP contribution >= 0.6 is 0 Å². The van der Waals surface area contributed by atoms with E-state index in [1.165, 1.54) is 45.4 Å². The molecule has 0 aromatic carbocycles. The van der Waals surface area contributed by atoms with Gasteiger partial charge in [0, 0.05) is 0 Å². The first-order valence-electron chi connectivity index (χ1n) is 5.57. The van der Waals surface area contributed by atoms with Crippen molar-refractivity contribution in [2.45, 2.75) is 33.1 Å². The largest absolute Gasteiger partial charge is 0.309 e. The fourth-order valence-corrected chi connectivity index (χ4v) is 1.51. The zero-order chi connectivity index (χ0) is 10.1. The predicted octanol–water partition coefficient (Wildman–Crippen LogP) is 2.06. The summed E-state index contributed by atoms with van der Waals surface area (Å²) in [5.74, 6) is 0.